The number of esters is 1. The quantitative estimate of drug-likeness (QED) is 0.496. The lowest BCUT2D eigenvalue weighted by Gasteiger charge is -2.11. The summed E-state index contributed by atoms with van der Waals surface area (Å²) < 4.78 is 10.8. The van der Waals surface area contributed by atoms with E-state index in [0.29, 0.717) is 36.1 Å². The summed E-state index contributed by atoms with van der Waals surface area (Å²) in [6.07, 6.45) is 0. The highest BCUT2D eigenvalue weighted by molar-refractivity contribution is 6.32. The third-order valence-electron chi connectivity index (χ3n) is 4.13. The number of ether oxygens (including phenoxy) is 2. The fraction of sp³-hybridized carbons (Fsp3) is 0.174. The smallest absolute Gasteiger partial charge is 0.338 e. The molecule has 0 radical (unpaired) electrons. The van der Waals surface area contributed by atoms with E-state index in [0.717, 1.165) is 16.8 Å². The molecule has 0 saturated heterocycles. The predicted molar refractivity (Wildman–Crippen MR) is 112 cm³/mol. The Morgan fingerprint density at radius 1 is 0.964 bits per heavy atom. The SMILES string of the molecule is CCOC(=O)c1ccc(NCc2ccc(OCc3ccccc3)c(Cl)c2)cc1. The van der Waals surface area contributed by atoms with E-state index in [-0.39, 0.29) is 5.97 Å². The Balaban J connectivity index is 1.55. The van der Waals surface area contributed by atoms with Gasteiger partial charge in [-0.3, -0.25) is 0 Å². The second kappa shape index (κ2) is 9.81. The van der Waals surface area contributed by atoms with Crippen LogP contribution in [0.4, 0.5) is 5.69 Å². The van der Waals surface area contributed by atoms with Crippen LogP contribution in [0.3, 0.4) is 0 Å². The standard InChI is InChI=1S/C23H22ClNO3/c1-2-27-23(26)19-9-11-20(12-10-19)25-15-18-8-13-22(21(24)14-18)28-16-17-6-4-3-5-7-17/h3-14,25H,2,15-16H2,1H3. The zero-order valence-corrected chi connectivity index (χ0v) is 16.4. The first-order valence-electron chi connectivity index (χ1n) is 9.12. The summed E-state index contributed by atoms with van der Waals surface area (Å²) in [6, 6.07) is 22.9. The van der Waals surface area contributed by atoms with E-state index in [1.165, 1.54) is 0 Å². The lowest BCUT2D eigenvalue weighted by Crippen LogP contribution is -2.05. The Labute approximate surface area is 170 Å². The van der Waals surface area contributed by atoms with Crippen molar-refractivity contribution in [1.82, 2.24) is 0 Å². The molecule has 0 aliphatic rings. The summed E-state index contributed by atoms with van der Waals surface area (Å²) in [5.41, 5.74) is 3.58. The van der Waals surface area contributed by atoms with Gasteiger partial charge in [0.2, 0.25) is 0 Å². The minimum absolute atomic E-state index is 0.313. The van der Waals surface area contributed by atoms with Gasteiger partial charge < -0.3 is 14.8 Å². The Bertz CT molecular complexity index is 911. The number of hydrogen-bond donors (Lipinski definition) is 1. The second-order valence-electron chi connectivity index (χ2n) is 6.19. The molecular weight excluding hydrogens is 374 g/mol. The fourth-order valence-corrected chi connectivity index (χ4v) is 2.91. The molecule has 4 nitrogen and oxygen atoms in total. The number of benzene rings is 3. The summed E-state index contributed by atoms with van der Waals surface area (Å²) in [5, 5.41) is 3.89. The Morgan fingerprint density at radius 3 is 2.39 bits per heavy atom. The zero-order valence-electron chi connectivity index (χ0n) is 15.7. The largest absolute Gasteiger partial charge is 0.487 e. The molecule has 0 aromatic heterocycles. The van der Waals surface area contributed by atoms with Gasteiger partial charge in [-0.25, -0.2) is 4.79 Å². The number of hydrogen-bond acceptors (Lipinski definition) is 4. The van der Waals surface area contributed by atoms with Crippen molar-refractivity contribution in [2.45, 2.75) is 20.1 Å². The van der Waals surface area contributed by atoms with Gasteiger partial charge in [0.1, 0.15) is 12.4 Å². The Morgan fingerprint density at radius 2 is 1.71 bits per heavy atom. The van der Waals surface area contributed by atoms with E-state index >= 15 is 0 Å². The van der Waals surface area contributed by atoms with Crippen LogP contribution < -0.4 is 10.1 Å². The summed E-state index contributed by atoms with van der Waals surface area (Å²) >= 11 is 6.36. The van der Waals surface area contributed by atoms with Crippen molar-refractivity contribution in [2.24, 2.45) is 0 Å². The predicted octanol–water partition coefficient (Wildman–Crippen LogP) is 5.71. The summed E-state index contributed by atoms with van der Waals surface area (Å²) in [5.74, 6) is 0.347. The number of halogens is 1. The number of rotatable bonds is 8. The third-order valence-corrected chi connectivity index (χ3v) is 4.42. The van der Waals surface area contributed by atoms with Crippen molar-refractivity contribution in [3.63, 3.8) is 0 Å². The van der Waals surface area contributed by atoms with Crippen LogP contribution in [-0.4, -0.2) is 12.6 Å². The summed E-state index contributed by atoms with van der Waals surface area (Å²) in [7, 11) is 0. The van der Waals surface area contributed by atoms with E-state index in [2.05, 4.69) is 5.32 Å². The van der Waals surface area contributed by atoms with E-state index in [1.54, 1.807) is 19.1 Å². The Hall–Kier alpha value is -2.98. The van der Waals surface area contributed by atoms with Crippen LogP contribution in [0.1, 0.15) is 28.4 Å². The van der Waals surface area contributed by atoms with E-state index in [1.807, 2.05) is 60.7 Å². The molecule has 0 saturated carbocycles. The average molecular weight is 396 g/mol. The number of anilines is 1. The van der Waals surface area contributed by atoms with Crippen LogP contribution in [-0.2, 0) is 17.9 Å². The third kappa shape index (κ3) is 5.51. The molecule has 0 atom stereocenters. The maximum Gasteiger partial charge on any atom is 0.338 e. The van der Waals surface area contributed by atoms with Crippen molar-refractivity contribution >= 4 is 23.3 Å². The first-order chi connectivity index (χ1) is 13.7. The van der Waals surface area contributed by atoms with E-state index in [4.69, 9.17) is 21.1 Å². The van der Waals surface area contributed by atoms with Crippen LogP contribution in [0.15, 0.2) is 72.8 Å². The average Bonchev–Trinajstić information content (AvgIpc) is 2.73. The Kier molecular flexibility index (Phi) is 6.93. The van der Waals surface area contributed by atoms with Gasteiger partial charge in [-0.1, -0.05) is 48.0 Å². The summed E-state index contributed by atoms with van der Waals surface area (Å²) in [4.78, 5) is 11.7. The molecule has 3 aromatic rings. The first kappa shape index (κ1) is 19.8. The second-order valence-corrected chi connectivity index (χ2v) is 6.60. The maximum atomic E-state index is 11.7. The lowest BCUT2D eigenvalue weighted by atomic mass is 10.2. The molecule has 0 unspecified atom stereocenters. The monoisotopic (exact) mass is 395 g/mol. The lowest BCUT2D eigenvalue weighted by molar-refractivity contribution is 0.0526. The van der Waals surface area contributed by atoms with Gasteiger partial charge in [0.25, 0.3) is 0 Å². The van der Waals surface area contributed by atoms with E-state index in [9.17, 15) is 4.79 Å². The van der Waals surface area contributed by atoms with Gasteiger partial charge in [0.15, 0.2) is 0 Å². The van der Waals surface area contributed by atoms with E-state index < -0.39 is 0 Å². The number of carbonyl (C=O) groups excluding carboxylic acids is 1. The van der Waals surface area contributed by atoms with Crippen LogP contribution in [0, 0.1) is 0 Å². The van der Waals surface area contributed by atoms with Crippen molar-refractivity contribution in [3.8, 4) is 5.75 Å². The van der Waals surface area contributed by atoms with Crippen molar-refractivity contribution in [1.29, 1.82) is 0 Å². The summed E-state index contributed by atoms with van der Waals surface area (Å²) in [6.45, 7) is 3.24. The van der Waals surface area contributed by atoms with Crippen LogP contribution in [0.25, 0.3) is 0 Å². The molecule has 3 rings (SSSR count). The molecular formula is C23H22ClNO3. The topological polar surface area (TPSA) is 47.6 Å². The normalized spacial score (nSPS) is 10.4. The zero-order chi connectivity index (χ0) is 19.8. The minimum Gasteiger partial charge on any atom is -0.487 e. The van der Waals surface area contributed by atoms with Crippen LogP contribution in [0.2, 0.25) is 5.02 Å². The molecule has 1 N–H and O–H groups in total. The molecule has 0 amide bonds. The molecule has 144 valence electrons. The van der Waals surface area contributed by atoms with Crippen molar-refractivity contribution < 1.29 is 14.3 Å². The van der Waals surface area contributed by atoms with Gasteiger partial charge in [0, 0.05) is 12.2 Å². The van der Waals surface area contributed by atoms with Crippen molar-refractivity contribution in [2.75, 3.05) is 11.9 Å². The maximum absolute atomic E-state index is 11.7. The highest BCUT2D eigenvalue weighted by Crippen LogP contribution is 2.26. The van der Waals surface area contributed by atoms with Gasteiger partial charge in [-0.05, 0) is 54.4 Å². The highest BCUT2D eigenvalue weighted by atomic mass is 35.5. The van der Waals surface area contributed by atoms with Crippen LogP contribution in [0.5, 0.6) is 5.75 Å². The number of nitrogens with one attached hydrogen (secondary N) is 1. The number of carbonyl (C=O) groups is 1. The van der Waals surface area contributed by atoms with Gasteiger partial charge >= 0.3 is 5.97 Å². The molecule has 0 fully saturated rings. The van der Waals surface area contributed by atoms with Crippen LogP contribution >= 0.6 is 11.6 Å². The molecule has 0 heterocycles. The molecule has 0 bridgehead atoms. The highest BCUT2D eigenvalue weighted by Gasteiger charge is 2.07. The van der Waals surface area contributed by atoms with Gasteiger partial charge in [-0.15, -0.1) is 0 Å². The molecule has 0 spiro atoms. The van der Waals surface area contributed by atoms with Gasteiger partial charge in [-0.2, -0.15) is 0 Å². The molecule has 0 aliphatic carbocycles. The molecule has 5 heteroatoms. The molecule has 28 heavy (non-hydrogen) atoms. The molecule has 0 aliphatic heterocycles. The minimum atomic E-state index is -0.313. The van der Waals surface area contributed by atoms with Gasteiger partial charge in [0.05, 0.1) is 17.2 Å². The van der Waals surface area contributed by atoms with Crippen molar-refractivity contribution in [3.05, 3.63) is 94.5 Å². The fourth-order valence-electron chi connectivity index (χ4n) is 2.65. The first-order valence-corrected chi connectivity index (χ1v) is 9.49. The molecule has 3 aromatic carbocycles.